The summed E-state index contributed by atoms with van der Waals surface area (Å²) in [5, 5.41) is 3.94. The molecule has 1 unspecified atom stereocenters. The monoisotopic (exact) mass is 324 g/mol. The Kier molecular flexibility index (Phi) is 3.82. The summed E-state index contributed by atoms with van der Waals surface area (Å²) >= 11 is 0. The third kappa shape index (κ3) is 2.68. The molecule has 22 heavy (non-hydrogen) atoms. The molecule has 0 saturated heterocycles. The van der Waals surface area contributed by atoms with E-state index in [9.17, 15) is 8.42 Å². The fourth-order valence-electron chi connectivity index (χ4n) is 2.76. The molecule has 0 aliphatic carbocycles. The smallest absolute Gasteiger partial charge is 0.262 e. The zero-order chi connectivity index (χ0) is 15.9. The Morgan fingerprint density at radius 3 is 2.91 bits per heavy atom. The second-order valence-corrected chi connectivity index (χ2v) is 7.83. The van der Waals surface area contributed by atoms with Gasteiger partial charge in [-0.25, -0.2) is 13.4 Å². The van der Waals surface area contributed by atoms with E-state index >= 15 is 0 Å². The maximum Gasteiger partial charge on any atom is 0.262 e. The maximum absolute atomic E-state index is 12.7. The summed E-state index contributed by atoms with van der Waals surface area (Å²) in [7, 11) is -2.10. The average molecular weight is 324 g/mol. The first kappa shape index (κ1) is 15.2. The minimum Gasteiger partial charge on any atom is -0.361 e. The SMILES string of the molecule is Cc1cc(CN(C)S(=O)(=O)c2cn3c(n2)CCCC3C)no1. The average Bonchev–Trinajstić information content (AvgIpc) is 3.06. The molecule has 0 radical (unpaired) electrons. The Morgan fingerprint density at radius 1 is 1.50 bits per heavy atom. The van der Waals surface area contributed by atoms with Crippen LogP contribution in [0, 0.1) is 6.92 Å². The standard InChI is InChI=1S/C14H20N4O3S/c1-10-5-4-6-13-15-14(9-18(10)13)22(19,20)17(3)8-12-7-11(2)21-16-12/h7,9-10H,4-6,8H2,1-3H3. The zero-order valence-electron chi connectivity index (χ0n) is 13.0. The molecule has 120 valence electrons. The lowest BCUT2D eigenvalue weighted by Crippen LogP contribution is -2.27. The molecule has 0 spiro atoms. The summed E-state index contributed by atoms with van der Waals surface area (Å²) in [5.74, 6) is 1.51. The van der Waals surface area contributed by atoms with E-state index in [-0.39, 0.29) is 11.6 Å². The Bertz CT molecular complexity index is 778. The summed E-state index contributed by atoms with van der Waals surface area (Å²) in [6.45, 7) is 4.02. The molecular weight excluding hydrogens is 304 g/mol. The van der Waals surface area contributed by atoms with Gasteiger partial charge < -0.3 is 9.09 Å². The predicted octanol–water partition coefficient (Wildman–Crippen LogP) is 1.90. The largest absolute Gasteiger partial charge is 0.361 e. The first-order chi connectivity index (χ1) is 10.4. The third-order valence-corrected chi connectivity index (χ3v) is 5.70. The van der Waals surface area contributed by atoms with E-state index in [1.54, 1.807) is 19.2 Å². The molecule has 2 aromatic heterocycles. The summed E-state index contributed by atoms with van der Waals surface area (Å²) in [6.07, 6.45) is 4.58. The first-order valence-electron chi connectivity index (χ1n) is 7.34. The van der Waals surface area contributed by atoms with Crippen molar-refractivity contribution in [3.63, 3.8) is 0 Å². The van der Waals surface area contributed by atoms with E-state index in [4.69, 9.17) is 4.52 Å². The van der Waals surface area contributed by atoms with Crippen molar-refractivity contribution in [3.05, 3.63) is 29.5 Å². The molecule has 0 amide bonds. The molecule has 1 aliphatic heterocycles. The van der Waals surface area contributed by atoms with Crippen molar-refractivity contribution in [2.75, 3.05) is 7.05 Å². The molecule has 7 nitrogen and oxygen atoms in total. The highest BCUT2D eigenvalue weighted by atomic mass is 32.2. The molecule has 0 aromatic carbocycles. The quantitative estimate of drug-likeness (QED) is 0.858. The lowest BCUT2D eigenvalue weighted by molar-refractivity contribution is 0.378. The number of fused-ring (bicyclic) bond motifs is 1. The van der Waals surface area contributed by atoms with Gasteiger partial charge >= 0.3 is 0 Å². The molecule has 0 saturated carbocycles. The molecule has 3 rings (SSSR count). The maximum atomic E-state index is 12.7. The van der Waals surface area contributed by atoms with E-state index in [0.717, 1.165) is 25.1 Å². The number of hydrogen-bond donors (Lipinski definition) is 0. The number of aromatic nitrogens is 3. The van der Waals surface area contributed by atoms with Gasteiger partial charge in [-0.2, -0.15) is 4.31 Å². The number of imidazole rings is 1. The van der Waals surface area contributed by atoms with Gasteiger partial charge in [0.15, 0.2) is 5.03 Å². The second-order valence-electron chi connectivity index (χ2n) is 5.83. The van der Waals surface area contributed by atoms with Crippen molar-refractivity contribution in [2.45, 2.75) is 50.7 Å². The Balaban J connectivity index is 1.86. The molecule has 0 bridgehead atoms. The van der Waals surface area contributed by atoms with Crippen LogP contribution in [-0.4, -0.2) is 34.5 Å². The highest BCUT2D eigenvalue weighted by Crippen LogP contribution is 2.26. The number of sulfonamides is 1. The lowest BCUT2D eigenvalue weighted by Gasteiger charge is -2.20. The van der Waals surface area contributed by atoms with E-state index in [1.165, 1.54) is 11.4 Å². The van der Waals surface area contributed by atoms with Crippen LogP contribution in [0.3, 0.4) is 0 Å². The van der Waals surface area contributed by atoms with Crippen LogP contribution in [0.25, 0.3) is 0 Å². The van der Waals surface area contributed by atoms with Gasteiger partial charge in [-0.05, 0) is 26.7 Å². The van der Waals surface area contributed by atoms with Gasteiger partial charge in [0.2, 0.25) is 0 Å². The van der Waals surface area contributed by atoms with Crippen LogP contribution in [0.4, 0.5) is 0 Å². The summed E-state index contributed by atoms with van der Waals surface area (Å²) in [6, 6.07) is 2.02. The van der Waals surface area contributed by atoms with Crippen LogP contribution >= 0.6 is 0 Å². The van der Waals surface area contributed by atoms with Gasteiger partial charge in [-0.3, -0.25) is 0 Å². The van der Waals surface area contributed by atoms with Crippen molar-refractivity contribution in [3.8, 4) is 0 Å². The molecule has 1 atom stereocenters. The van der Waals surface area contributed by atoms with Gasteiger partial charge in [-0.15, -0.1) is 0 Å². The van der Waals surface area contributed by atoms with E-state index in [2.05, 4.69) is 17.1 Å². The van der Waals surface area contributed by atoms with Gasteiger partial charge in [0.05, 0.1) is 12.2 Å². The van der Waals surface area contributed by atoms with Crippen LogP contribution in [0.15, 0.2) is 21.8 Å². The minimum absolute atomic E-state index is 0.110. The van der Waals surface area contributed by atoms with Crippen molar-refractivity contribution in [2.24, 2.45) is 0 Å². The molecule has 1 aliphatic rings. The molecule has 0 N–H and O–H groups in total. The predicted molar refractivity (Wildman–Crippen MR) is 79.8 cm³/mol. The topological polar surface area (TPSA) is 81.2 Å². The summed E-state index contributed by atoms with van der Waals surface area (Å²) in [4.78, 5) is 4.33. The van der Waals surface area contributed by atoms with Crippen molar-refractivity contribution in [1.29, 1.82) is 0 Å². The van der Waals surface area contributed by atoms with Gasteiger partial charge in [0.1, 0.15) is 11.6 Å². The highest BCUT2D eigenvalue weighted by Gasteiger charge is 2.28. The van der Waals surface area contributed by atoms with Gasteiger partial charge in [0, 0.05) is 31.8 Å². The second kappa shape index (κ2) is 5.51. The molecule has 8 heteroatoms. The minimum atomic E-state index is -3.63. The van der Waals surface area contributed by atoms with Gasteiger partial charge in [0.25, 0.3) is 10.0 Å². The van der Waals surface area contributed by atoms with Crippen LogP contribution in [-0.2, 0) is 23.0 Å². The molecule has 3 heterocycles. The molecule has 0 fully saturated rings. The number of rotatable bonds is 4. The fourth-order valence-corrected chi connectivity index (χ4v) is 3.85. The number of nitrogens with zero attached hydrogens (tertiary/aromatic N) is 4. The molecule has 2 aromatic rings. The number of aryl methyl sites for hydroxylation is 2. The first-order valence-corrected chi connectivity index (χ1v) is 8.78. The van der Waals surface area contributed by atoms with Gasteiger partial charge in [-0.1, -0.05) is 5.16 Å². The zero-order valence-corrected chi connectivity index (χ0v) is 13.8. The highest BCUT2D eigenvalue weighted by molar-refractivity contribution is 7.89. The van der Waals surface area contributed by atoms with E-state index in [0.29, 0.717) is 17.5 Å². The van der Waals surface area contributed by atoms with Crippen LogP contribution in [0.2, 0.25) is 0 Å². The van der Waals surface area contributed by atoms with E-state index in [1.807, 2.05) is 4.57 Å². The Labute approximate surface area is 130 Å². The summed E-state index contributed by atoms with van der Waals surface area (Å²) in [5.41, 5.74) is 0.584. The molecular formula is C14H20N4O3S. The van der Waals surface area contributed by atoms with Crippen LogP contribution in [0.1, 0.15) is 43.1 Å². The lowest BCUT2D eigenvalue weighted by atomic mass is 10.1. The fraction of sp³-hybridized carbons (Fsp3) is 0.571. The summed E-state index contributed by atoms with van der Waals surface area (Å²) < 4.78 is 33.5. The van der Waals surface area contributed by atoms with Crippen molar-refractivity contribution < 1.29 is 12.9 Å². The van der Waals surface area contributed by atoms with E-state index < -0.39 is 10.0 Å². The van der Waals surface area contributed by atoms with Crippen LogP contribution < -0.4 is 0 Å². The Hall–Kier alpha value is -1.67. The van der Waals surface area contributed by atoms with Crippen molar-refractivity contribution in [1.82, 2.24) is 19.0 Å². The third-order valence-electron chi connectivity index (χ3n) is 4.02. The van der Waals surface area contributed by atoms with Crippen LogP contribution in [0.5, 0.6) is 0 Å². The number of hydrogen-bond acceptors (Lipinski definition) is 5. The van der Waals surface area contributed by atoms with Crippen molar-refractivity contribution >= 4 is 10.0 Å². The normalized spacial score (nSPS) is 18.6. The Morgan fingerprint density at radius 2 is 2.27 bits per heavy atom.